The largest absolute Gasteiger partial charge is 0.456 e. The second-order valence-corrected chi connectivity index (χ2v) is 15.7. The Balaban J connectivity index is 1.01. The van der Waals surface area contributed by atoms with Crippen LogP contribution in [-0.2, 0) is 0 Å². The van der Waals surface area contributed by atoms with Gasteiger partial charge < -0.3 is 13.9 Å². The molecule has 3 heteroatoms. The molecule has 0 radical (unpaired) electrons. The number of para-hydroxylation sites is 3. The fourth-order valence-corrected chi connectivity index (χ4v) is 9.30. The molecule has 3 nitrogen and oxygen atoms in total. The quantitative estimate of drug-likeness (QED) is 0.161. The first-order valence-electron chi connectivity index (χ1n) is 20.8. The Morgan fingerprint density at radius 1 is 0.344 bits per heavy atom. The van der Waals surface area contributed by atoms with Crippen LogP contribution in [0.25, 0.3) is 93.6 Å². The van der Waals surface area contributed by atoms with E-state index in [1.165, 1.54) is 38.5 Å². The lowest BCUT2D eigenvalue weighted by Gasteiger charge is -2.28. The number of hydrogen-bond acceptors (Lipinski definition) is 2. The summed E-state index contributed by atoms with van der Waals surface area (Å²) in [6.07, 6.45) is 0. The van der Waals surface area contributed by atoms with Crippen molar-refractivity contribution in [3.8, 4) is 39.1 Å². The summed E-state index contributed by atoms with van der Waals surface area (Å²) in [5, 5.41) is 7.03. The molecule has 0 saturated heterocycles. The van der Waals surface area contributed by atoms with E-state index >= 15 is 0 Å². The number of fused-ring (bicyclic) bond motifs is 8. The third-order valence-corrected chi connectivity index (χ3v) is 12.2. The number of aromatic nitrogens is 1. The van der Waals surface area contributed by atoms with Gasteiger partial charge in [0.05, 0.1) is 16.7 Å². The highest BCUT2D eigenvalue weighted by Crippen LogP contribution is 2.44. The zero-order valence-corrected chi connectivity index (χ0v) is 33.2. The van der Waals surface area contributed by atoms with Gasteiger partial charge in [-0.3, -0.25) is 0 Å². The van der Waals surface area contributed by atoms with Crippen LogP contribution in [0.1, 0.15) is 0 Å². The van der Waals surface area contributed by atoms with E-state index in [4.69, 9.17) is 4.42 Å². The molecule has 0 unspecified atom stereocenters. The van der Waals surface area contributed by atoms with E-state index in [0.717, 1.165) is 72.2 Å². The second kappa shape index (κ2) is 14.3. The molecule has 0 aliphatic carbocycles. The number of hydrogen-bond donors (Lipinski definition) is 0. The van der Waals surface area contributed by atoms with Gasteiger partial charge in [0.25, 0.3) is 0 Å². The van der Waals surface area contributed by atoms with Crippen LogP contribution in [0.4, 0.5) is 17.1 Å². The van der Waals surface area contributed by atoms with Gasteiger partial charge in [0.2, 0.25) is 0 Å². The third-order valence-electron chi connectivity index (χ3n) is 12.2. The lowest BCUT2D eigenvalue weighted by Crippen LogP contribution is -2.11. The Kier molecular flexibility index (Phi) is 8.17. The van der Waals surface area contributed by atoms with Crippen LogP contribution in [0.15, 0.2) is 235 Å². The van der Waals surface area contributed by atoms with Crippen LogP contribution in [0.5, 0.6) is 0 Å². The second-order valence-electron chi connectivity index (χ2n) is 15.7. The molecule has 0 saturated carbocycles. The number of nitrogens with zero attached hydrogens (tertiary/aromatic N) is 2. The fourth-order valence-electron chi connectivity index (χ4n) is 9.30. The summed E-state index contributed by atoms with van der Waals surface area (Å²) in [6, 6.07) is 82.8. The van der Waals surface area contributed by atoms with Gasteiger partial charge in [0, 0.05) is 44.2 Å². The lowest BCUT2D eigenvalue weighted by molar-refractivity contribution is 0.669. The standard InChI is InChI=1S/C58H38N2O/c1-4-14-39(15-5-1)40-24-30-46(31-25-40)59(53-22-12-10-20-48(53)41-16-6-2-7-17-41)47-32-26-42-29-35-56-58(52(42)38-47)51-34-28-44(37-57(51)61-56)43-27-33-50-49-21-11-13-23-54(49)60(55(50)36-43)45-18-8-3-9-19-45/h1-38H. The van der Waals surface area contributed by atoms with Gasteiger partial charge in [-0.05, 0) is 111 Å². The molecule has 2 heterocycles. The molecular weight excluding hydrogens is 741 g/mol. The van der Waals surface area contributed by atoms with Crippen LogP contribution in [0.2, 0.25) is 0 Å². The number of rotatable bonds is 7. The van der Waals surface area contributed by atoms with Crippen LogP contribution in [0, 0.1) is 0 Å². The molecule has 0 aliphatic rings. The van der Waals surface area contributed by atoms with Gasteiger partial charge in [-0.15, -0.1) is 0 Å². The minimum atomic E-state index is 0.872. The minimum Gasteiger partial charge on any atom is -0.456 e. The van der Waals surface area contributed by atoms with E-state index in [1.54, 1.807) is 0 Å². The maximum absolute atomic E-state index is 6.73. The van der Waals surface area contributed by atoms with Crippen molar-refractivity contribution >= 4 is 71.6 Å². The lowest BCUT2D eigenvalue weighted by atomic mass is 9.98. The van der Waals surface area contributed by atoms with Gasteiger partial charge in [-0.2, -0.15) is 0 Å². The van der Waals surface area contributed by atoms with E-state index in [2.05, 4.69) is 240 Å². The Hall–Kier alpha value is -8.14. The fraction of sp³-hybridized carbons (Fsp3) is 0. The first kappa shape index (κ1) is 34.9. The maximum Gasteiger partial charge on any atom is 0.136 e. The summed E-state index contributed by atoms with van der Waals surface area (Å²) in [6.45, 7) is 0. The van der Waals surface area contributed by atoms with Crippen molar-refractivity contribution in [3.63, 3.8) is 0 Å². The van der Waals surface area contributed by atoms with Crippen molar-refractivity contribution in [1.29, 1.82) is 0 Å². The number of furan rings is 1. The molecule has 2 aromatic heterocycles. The predicted octanol–water partition coefficient (Wildman–Crippen LogP) is 16.3. The van der Waals surface area contributed by atoms with Crippen LogP contribution in [0.3, 0.4) is 0 Å². The SMILES string of the molecule is c1ccc(-c2ccc(N(c3ccc4ccc5oc6cc(-c7ccc8c9ccccc9n(-c9ccccc9)c8c7)ccc6c5c4c3)c3ccccc3-c3ccccc3)cc2)cc1. The van der Waals surface area contributed by atoms with Crippen molar-refractivity contribution < 1.29 is 4.42 Å². The molecule has 10 aromatic carbocycles. The summed E-state index contributed by atoms with van der Waals surface area (Å²) in [5.74, 6) is 0. The van der Waals surface area contributed by atoms with E-state index in [0.29, 0.717) is 0 Å². The molecule has 0 spiro atoms. The van der Waals surface area contributed by atoms with E-state index in [1.807, 2.05) is 0 Å². The van der Waals surface area contributed by atoms with Crippen molar-refractivity contribution in [2.24, 2.45) is 0 Å². The van der Waals surface area contributed by atoms with E-state index in [-0.39, 0.29) is 0 Å². The summed E-state index contributed by atoms with van der Waals surface area (Å²) >= 11 is 0. The third kappa shape index (κ3) is 5.90. The molecule has 0 fully saturated rings. The molecule has 12 aromatic rings. The van der Waals surface area contributed by atoms with Gasteiger partial charge in [-0.25, -0.2) is 0 Å². The maximum atomic E-state index is 6.73. The number of benzene rings is 10. The first-order valence-corrected chi connectivity index (χ1v) is 20.8. The van der Waals surface area contributed by atoms with Crippen LogP contribution >= 0.6 is 0 Å². The van der Waals surface area contributed by atoms with Crippen LogP contribution < -0.4 is 4.90 Å². The highest BCUT2D eigenvalue weighted by molar-refractivity contribution is 6.20. The highest BCUT2D eigenvalue weighted by Gasteiger charge is 2.20. The van der Waals surface area contributed by atoms with E-state index < -0.39 is 0 Å². The minimum absolute atomic E-state index is 0.872. The van der Waals surface area contributed by atoms with Gasteiger partial charge in [0.1, 0.15) is 11.2 Å². The molecule has 286 valence electrons. The Bertz CT molecular complexity index is 3570. The topological polar surface area (TPSA) is 21.3 Å². The summed E-state index contributed by atoms with van der Waals surface area (Å²) < 4.78 is 9.11. The summed E-state index contributed by atoms with van der Waals surface area (Å²) in [4.78, 5) is 2.39. The molecule has 12 rings (SSSR count). The van der Waals surface area contributed by atoms with Crippen molar-refractivity contribution in [2.75, 3.05) is 4.90 Å². The highest BCUT2D eigenvalue weighted by atomic mass is 16.3. The van der Waals surface area contributed by atoms with Crippen LogP contribution in [-0.4, -0.2) is 4.57 Å². The predicted molar refractivity (Wildman–Crippen MR) is 257 cm³/mol. The molecule has 0 amide bonds. The van der Waals surface area contributed by atoms with Crippen molar-refractivity contribution in [2.45, 2.75) is 0 Å². The summed E-state index contributed by atoms with van der Waals surface area (Å²) in [7, 11) is 0. The smallest absolute Gasteiger partial charge is 0.136 e. The molecule has 61 heavy (non-hydrogen) atoms. The Morgan fingerprint density at radius 3 is 1.74 bits per heavy atom. The van der Waals surface area contributed by atoms with Crippen molar-refractivity contribution in [3.05, 3.63) is 231 Å². The molecule has 0 aliphatic heterocycles. The zero-order valence-electron chi connectivity index (χ0n) is 33.2. The molecule has 0 N–H and O–H groups in total. The Morgan fingerprint density at radius 2 is 0.934 bits per heavy atom. The van der Waals surface area contributed by atoms with Gasteiger partial charge in [-0.1, -0.05) is 158 Å². The molecule has 0 atom stereocenters. The average molecular weight is 779 g/mol. The first-order chi connectivity index (χ1) is 30.2. The normalized spacial score (nSPS) is 11.6. The monoisotopic (exact) mass is 778 g/mol. The summed E-state index contributed by atoms with van der Waals surface area (Å²) in [5.41, 5.74) is 15.5. The average Bonchev–Trinajstić information content (AvgIpc) is 3.88. The van der Waals surface area contributed by atoms with E-state index in [9.17, 15) is 0 Å². The molecular formula is C58H38N2O. The van der Waals surface area contributed by atoms with Crippen molar-refractivity contribution in [1.82, 2.24) is 4.57 Å². The number of anilines is 3. The zero-order chi connectivity index (χ0) is 40.3. The van der Waals surface area contributed by atoms with Gasteiger partial charge >= 0.3 is 0 Å². The van der Waals surface area contributed by atoms with Gasteiger partial charge in [0.15, 0.2) is 0 Å². The Labute approximate surface area is 353 Å². The molecule has 0 bridgehead atoms.